The number of carbonyl (C=O) groups is 1. The third kappa shape index (κ3) is 3.34. The van der Waals surface area contributed by atoms with Crippen molar-refractivity contribution >= 4 is 5.91 Å². The molecule has 2 rings (SSSR count). The van der Waals surface area contributed by atoms with Crippen LogP contribution in [0.2, 0.25) is 0 Å². The lowest BCUT2D eigenvalue weighted by atomic mass is 9.81. The lowest BCUT2D eigenvalue weighted by Crippen LogP contribution is -2.54. The van der Waals surface area contributed by atoms with Crippen LogP contribution in [0, 0.1) is 5.41 Å². The fourth-order valence-electron chi connectivity index (χ4n) is 3.62. The molecule has 0 aromatic rings. The highest BCUT2D eigenvalue weighted by molar-refractivity contribution is 5.82. The Morgan fingerprint density at radius 2 is 2.00 bits per heavy atom. The van der Waals surface area contributed by atoms with E-state index in [0.29, 0.717) is 18.0 Å². The summed E-state index contributed by atoms with van der Waals surface area (Å²) in [7, 11) is 2.01. The molecular formula is C16H31N3O. The molecular weight excluding hydrogens is 250 g/mol. The molecule has 0 spiro atoms. The fourth-order valence-corrected chi connectivity index (χ4v) is 3.62. The lowest BCUT2D eigenvalue weighted by Gasteiger charge is -2.42. The SMILES string of the molecule is CC(C)N1CCC(N(C)C(=O)C2(C)CCCNC2)CC1. The molecule has 2 aliphatic heterocycles. The molecule has 4 nitrogen and oxygen atoms in total. The van der Waals surface area contributed by atoms with Crippen molar-refractivity contribution < 1.29 is 4.79 Å². The minimum absolute atomic E-state index is 0.192. The Balaban J connectivity index is 1.91. The maximum Gasteiger partial charge on any atom is 0.229 e. The number of nitrogens with one attached hydrogen (secondary N) is 1. The van der Waals surface area contributed by atoms with E-state index in [2.05, 4.69) is 31.0 Å². The smallest absolute Gasteiger partial charge is 0.229 e. The molecule has 2 heterocycles. The van der Waals surface area contributed by atoms with E-state index in [4.69, 9.17) is 0 Å². The second-order valence-electron chi connectivity index (χ2n) is 7.12. The topological polar surface area (TPSA) is 35.6 Å². The van der Waals surface area contributed by atoms with Gasteiger partial charge in [0.2, 0.25) is 5.91 Å². The van der Waals surface area contributed by atoms with Crippen molar-refractivity contribution in [2.75, 3.05) is 33.2 Å². The lowest BCUT2D eigenvalue weighted by molar-refractivity contribution is -0.144. The number of rotatable bonds is 3. The molecule has 1 unspecified atom stereocenters. The van der Waals surface area contributed by atoms with Gasteiger partial charge in [-0.1, -0.05) is 0 Å². The Hall–Kier alpha value is -0.610. The highest BCUT2D eigenvalue weighted by atomic mass is 16.2. The predicted octanol–water partition coefficient (Wildman–Crippen LogP) is 1.71. The van der Waals surface area contributed by atoms with Crippen molar-refractivity contribution in [3.63, 3.8) is 0 Å². The Morgan fingerprint density at radius 1 is 1.35 bits per heavy atom. The zero-order valence-electron chi connectivity index (χ0n) is 13.6. The molecule has 20 heavy (non-hydrogen) atoms. The zero-order chi connectivity index (χ0) is 14.8. The van der Waals surface area contributed by atoms with Gasteiger partial charge < -0.3 is 15.1 Å². The summed E-state index contributed by atoms with van der Waals surface area (Å²) < 4.78 is 0. The van der Waals surface area contributed by atoms with E-state index >= 15 is 0 Å². The number of piperidine rings is 2. The summed E-state index contributed by atoms with van der Waals surface area (Å²) in [4.78, 5) is 17.4. The first-order valence-electron chi connectivity index (χ1n) is 8.16. The van der Waals surface area contributed by atoms with Gasteiger partial charge in [0.15, 0.2) is 0 Å². The fraction of sp³-hybridized carbons (Fsp3) is 0.938. The van der Waals surface area contributed by atoms with E-state index in [9.17, 15) is 4.79 Å². The molecule has 0 aromatic heterocycles. The van der Waals surface area contributed by atoms with Crippen LogP contribution in [0.25, 0.3) is 0 Å². The summed E-state index contributed by atoms with van der Waals surface area (Å²) in [6.45, 7) is 10.8. The Labute approximate surface area is 123 Å². The molecule has 0 saturated carbocycles. The quantitative estimate of drug-likeness (QED) is 0.855. The molecule has 0 aliphatic carbocycles. The summed E-state index contributed by atoms with van der Waals surface area (Å²) in [5.41, 5.74) is -0.192. The van der Waals surface area contributed by atoms with Crippen LogP contribution in [0.1, 0.15) is 46.5 Å². The number of nitrogens with zero attached hydrogens (tertiary/aromatic N) is 2. The van der Waals surface area contributed by atoms with Gasteiger partial charge in [0.05, 0.1) is 5.41 Å². The minimum atomic E-state index is -0.192. The van der Waals surface area contributed by atoms with E-state index < -0.39 is 0 Å². The van der Waals surface area contributed by atoms with Crippen LogP contribution in [0.3, 0.4) is 0 Å². The predicted molar refractivity (Wildman–Crippen MR) is 82.7 cm³/mol. The maximum absolute atomic E-state index is 12.8. The van der Waals surface area contributed by atoms with Gasteiger partial charge >= 0.3 is 0 Å². The average Bonchev–Trinajstić information content (AvgIpc) is 2.46. The van der Waals surface area contributed by atoms with Gasteiger partial charge in [0.1, 0.15) is 0 Å². The summed E-state index contributed by atoms with van der Waals surface area (Å²) in [5.74, 6) is 0.340. The zero-order valence-corrected chi connectivity index (χ0v) is 13.6. The largest absolute Gasteiger partial charge is 0.342 e. The Bertz CT molecular complexity index is 329. The van der Waals surface area contributed by atoms with Gasteiger partial charge in [-0.25, -0.2) is 0 Å². The minimum Gasteiger partial charge on any atom is -0.342 e. The molecule has 116 valence electrons. The Kier molecular flexibility index (Phi) is 5.08. The van der Waals surface area contributed by atoms with Gasteiger partial charge in [-0.2, -0.15) is 0 Å². The van der Waals surface area contributed by atoms with Crippen molar-refractivity contribution in [2.24, 2.45) is 5.41 Å². The molecule has 2 fully saturated rings. The molecule has 1 N–H and O–H groups in total. The second kappa shape index (κ2) is 6.44. The average molecular weight is 281 g/mol. The van der Waals surface area contributed by atoms with Crippen LogP contribution in [0.4, 0.5) is 0 Å². The highest BCUT2D eigenvalue weighted by Crippen LogP contribution is 2.29. The van der Waals surface area contributed by atoms with E-state index in [-0.39, 0.29) is 5.41 Å². The van der Waals surface area contributed by atoms with Gasteiger partial charge in [-0.3, -0.25) is 4.79 Å². The van der Waals surface area contributed by atoms with Gasteiger partial charge in [-0.15, -0.1) is 0 Å². The number of carbonyl (C=O) groups excluding carboxylic acids is 1. The molecule has 0 radical (unpaired) electrons. The van der Waals surface area contributed by atoms with E-state index in [1.54, 1.807) is 0 Å². The van der Waals surface area contributed by atoms with Crippen molar-refractivity contribution in [3.05, 3.63) is 0 Å². The van der Waals surface area contributed by atoms with Crippen molar-refractivity contribution in [1.29, 1.82) is 0 Å². The monoisotopic (exact) mass is 281 g/mol. The molecule has 1 amide bonds. The summed E-state index contributed by atoms with van der Waals surface area (Å²) in [5, 5.41) is 3.38. The van der Waals surface area contributed by atoms with E-state index in [1.165, 1.54) is 0 Å². The van der Waals surface area contributed by atoms with Gasteiger partial charge in [0.25, 0.3) is 0 Å². The molecule has 1 atom stereocenters. The summed E-state index contributed by atoms with van der Waals surface area (Å²) in [6, 6.07) is 1.05. The van der Waals surface area contributed by atoms with Crippen LogP contribution in [-0.2, 0) is 4.79 Å². The normalized spacial score (nSPS) is 29.6. The number of hydrogen-bond acceptors (Lipinski definition) is 3. The van der Waals surface area contributed by atoms with E-state index in [0.717, 1.165) is 51.9 Å². The molecule has 0 aromatic carbocycles. The first kappa shape index (κ1) is 15.8. The maximum atomic E-state index is 12.8. The molecule has 2 aliphatic rings. The molecule has 4 heteroatoms. The standard InChI is InChI=1S/C16H31N3O/c1-13(2)19-10-6-14(7-11-19)18(4)15(20)16(3)8-5-9-17-12-16/h13-14,17H,5-12H2,1-4H3. The van der Waals surface area contributed by atoms with Crippen LogP contribution >= 0.6 is 0 Å². The van der Waals surface area contributed by atoms with Crippen molar-refractivity contribution in [2.45, 2.75) is 58.5 Å². The van der Waals surface area contributed by atoms with Gasteiger partial charge in [-0.05, 0) is 53.0 Å². The van der Waals surface area contributed by atoms with Crippen LogP contribution in [-0.4, -0.2) is 61.0 Å². The van der Waals surface area contributed by atoms with Crippen molar-refractivity contribution in [1.82, 2.24) is 15.1 Å². The number of hydrogen-bond donors (Lipinski definition) is 1. The first-order valence-corrected chi connectivity index (χ1v) is 8.16. The molecule has 0 bridgehead atoms. The third-order valence-electron chi connectivity index (χ3n) is 5.21. The van der Waals surface area contributed by atoms with Crippen LogP contribution in [0.15, 0.2) is 0 Å². The first-order chi connectivity index (χ1) is 9.44. The Morgan fingerprint density at radius 3 is 2.50 bits per heavy atom. The number of likely N-dealkylation sites (tertiary alicyclic amines) is 1. The highest BCUT2D eigenvalue weighted by Gasteiger charge is 2.39. The van der Waals surface area contributed by atoms with Crippen LogP contribution in [0.5, 0.6) is 0 Å². The summed E-state index contributed by atoms with van der Waals surface area (Å²) >= 11 is 0. The van der Waals surface area contributed by atoms with Crippen LogP contribution < -0.4 is 5.32 Å². The second-order valence-corrected chi connectivity index (χ2v) is 7.12. The number of amides is 1. The van der Waals surface area contributed by atoms with Gasteiger partial charge in [0, 0.05) is 38.8 Å². The summed E-state index contributed by atoms with van der Waals surface area (Å²) in [6.07, 6.45) is 4.36. The van der Waals surface area contributed by atoms with Crippen molar-refractivity contribution in [3.8, 4) is 0 Å². The van der Waals surface area contributed by atoms with E-state index in [1.807, 2.05) is 11.9 Å². The third-order valence-corrected chi connectivity index (χ3v) is 5.21. The molecule has 2 saturated heterocycles.